The maximum absolute atomic E-state index is 13.0. The van der Waals surface area contributed by atoms with Gasteiger partial charge in [-0.2, -0.15) is 0 Å². The molecular weight excluding hydrogens is 410 g/mol. The fourth-order valence-electron chi connectivity index (χ4n) is 4.07. The number of pyridine rings is 1. The molecule has 0 radical (unpaired) electrons. The van der Waals surface area contributed by atoms with Gasteiger partial charge in [0.15, 0.2) is 0 Å². The number of aromatic nitrogens is 6. The molecule has 1 aromatic carbocycles. The van der Waals surface area contributed by atoms with Crippen molar-refractivity contribution < 1.29 is 9.47 Å². The normalized spacial score (nSPS) is 16.3. The second-order valence-electron chi connectivity index (χ2n) is 7.71. The third kappa shape index (κ3) is 3.69. The topological polar surface area (TPSA) is 123 Å². The molecule has 5 rings (SSSR count). The van der Waals surface area contributed by atoms with Gasteiger partial charge in [-0.25, -0.2) is 14.6 Å². The quantitative estimate of drug-likeness (QED) is 0.507. The Morgan fingerprint density at radius 3 is 2.97 bits per heavy atom. The Bertz CT molecular complexity index is 1320. The molecule has 2 N–H and O–H groups in total. The highest BCUT2D eigenvalue weighted by molar-refractivity contribution is 5.95. The maximum Gasteiger partial charge on any atom is 0.255 e. The summed E-state index contributed by atoms with van der Waals surface area (Å²) in [6.45, 7) is 1.60. The van der Waals surface area contributed by atoms with E-state index in [2.05, 4.69) is 20.3 Å². The minimum Gasteiger partial charge on any atom is -0.494 e. The largest absolute Gasteiger partial charge is 0.494 e. The number of para-hydroxylation sites is 1. The predicted octanol–water partition coefficient (Wildman–Crippen LogP) is 2.04. The number of hydrogen-bond donors (Lipinski definition) is 1. The number of nitrogens with zero attached hydrogens (tertiary/aromatic N) is 6. The summed E-state index contributed by atoms with van der Waals surface area (Å²) < 4.78 is 14.3. The van der Waals surface area contributed by atoms with E-state index in [0.717, 1.165) is 24.8 Å². The van der Waals surface area contributed by atoms with Crippen molar-refractivity contribution in [2.24, 2.45) is 0 Å². The molecule has 0 bridgehead atoms. The molecule has 0 unspecified atom stereocenters. The zero-order chi connectivity index (χ0) is 22.1. The standard InChI is InChI=1S/C22H23N7O3/c1-31-18-8-2-7-16-19(24-22(23)25-20(16)18)17-12-28(27-26-17)11-14-5-3-9-29(21(14)30)15-6-4-10-32-13-15/h2-3,5,7-9,12,15H,4,6,10-11,13H2,1H3,(H2,23,24,25)/t15-/m0/s1. The number of ether oxygens (including phenoxy) is 2. The molecule has 0 aliphatic carbocycles. The first-order valence-electron chi connectivity index (χ1n) is 10.4. The van der Waals surface area contributed by atoms with E-state index < -0.39 is 0 Å². The van der Waals surface area contributed by atoms with Gasteiger partial charge in [-0.15, -0.1) is 5.10 Å². The molecule has 1 aliphatic rings. The zero-order valence-corrected chi connectivity index (χ0v) is 17.6. The predicted molar refractivity (Wildman–Crippen MR) is 118 cm³/mol. The second kappa shape index (κ2) is 8.39. The van der Waals surface area contributed by atoms with Gasteiger partial charge in [0.05, 0.1) is 32.5 Å². The van der Waals surface area contributed by atoms with Crippen LogP contribution in [0, 0.1) is 0 Å². The van der Waals surface area contributed by atoms with E-state index >= 15 is 0 Å². The van der Waals surface area contributed by atoms with Crippen LogP contribution in [0.3, 0.4) is 0 Å². The van der Waals surface area contributed by atoms with E-state index in [9.17, 15) is 4.79 Å². The lowest BCUT2D eigenvalue weighted by atomic mass is 10.1. The van der Waals surface area contributed by atoms with Crippen molar-refractivity contribution in [1.82, 2.24) is 29.5 Å². The summed E-state index contributed by atoms with van der Waals surface area (Å²) in [6, 6.07) is 9.31. The highest BCUT2D eigenvalue weighted by atomic mass is 16.5. The highest BCUT2D eigenvalue weighted by Crippen LogP contribution is 2.30. The molecule has 0 spiro atoms. The molecule has 0 saturated carbocycles. The maximum atomic E-state index is 13.0. The Morgan fingerprint density at radius 2 is 2.16 bits per heavy atom. The molecule has 1 aliphatic heterocycles. The molecule has 4 aromatic rings. The van der Waals surface area contributed by atoms with Gasteiger partial charge in [0.2, 0.25) is 5.95 Å². The van der Waals surface area contributed by atoms with Crippen LogP contribution in [0.1, 0.15) is 24.4 Å². The van der Waals surface area contributed by atoms with Crippen molar-refractivity contribution >= 4 is 16.9 Å². The van der Waals surface area contributed by atoms with Crippen LogP contribution < -0.4 is 16.0 Å². The SMILES string of the molecule is COc1cccc2c(-c3cn(Cc4cccn([C@H]5CCCOC5)c4=O)nn3)nc(N)nc12. The van der Waals surface area contributed by atoms with Gasteiger partial charge < -0.3 is 19.8 Å². The summed E-state index contributed by atoms with van der Waals surface area (Å²) in [4.78, 5) is 21.7. The van der Waals surface area contributed by atoms with Crippen LogP contribution in [0.4, 0.5) is 5.95 Å². The molecule has 1 atom stereocenters. The smallest absolute Gasteiger partial charge is 0.255 e. The summed E-state index contributed by atoms with van der Waals surface area (Å²) in [5, 5.41) is 9.23. The molecule has 3 aromatic heterocycles. The number of rotatable bonds is 5. The fraction of sp³-hybridized carbons (Fsp3) is 0.318. The van der Waals surface area contributed by atoms with Crippen LogP contribution in [-0.2, 0) is 11.3 Å². The third-order valence-corrected chi connectivity index (χ3v) is 5.62. The summed E-state index contributed by atoms with van der Waals surface area (Å²) in [6.07, 6.45) is 5.46. The van der Waals surface area contributed by atoms with E-state index in [-0.39, 0.29) is 17.5 Å². The van der Waals surface area contributed by atoms with E-state index in [1.165, 1.54) is 0 Å². The first-order chi connectivity index (χ1) is 15.6. The molecule has 10 heteroatoms. The molecular formula is C22H23N7O3. The molecule has 1 saturated heterocycles. The first-order valence-corrected chi connectivity index (χ1v) is 10.4. The van der Waals surface area contributed by atoms with Gasteiger partial charge >= 0.3 is 0 Å². The average molecular weight is 433 g/mol. The van der Waals surface area contributed by atoms with Gasteiger partial charge in [0.1, 0.15) is 22.7 Å². The van der Waals surface area contributed by atoms with Gasteiger partial charge in [0, 0.05) is 23.8 Å². The zero-order valence-electron chi connectivity index (χ0n) is 17.6. The van der Waals surface area contributed by atoms with Gasteiger partial charge in [-0.1, -0.05) is 23.4 Å². The minimum absolute atomic E-state index is 0.0403. The van der Waals surface area contributed by atoms with Crippen molar-refractivity contribution in [1.29, 1.82) is 0 Å². The van der Waals surface area contributed by atoms with Gasteiger partial charge in [-0.3, -0.25) is 4.79 Å². The molecule has 0 amide bonds. The third-order valence-electron chi connectivity index (χ3n) is 5.62. The van der Waals surface area contributed by atoms with Crippen LogP contribution in [0.15, 0.2) is 47.5 Å². The Morgan fingerprint density at radius 1 is 1.25 bits per heavy atom. The number of nitrogens with two attached hydrogens (primary N) is 1. The summed E-state index contributed by atoms with van der Waals surface area (Å²) >= 11 is 0. The van der Waals surface area contributed by atoms with Gasteiger partial charge in [0.25, 0.3) is 5.56 Å². The van der Waals surface area contributed by atoms with Crippen LogP contribution in [0.25, 0.3) is 22.3 Å². The van der Waals surface area contributed by atoms with E-state index in [0.29, 0.717) is 41.4 Å². The second-order valence-corrected chi connectivity index (χ2v) is 7.71. The van der Waals surface area contributed by atoms with E-state index in [1.807, 2.05) is 36.5 Å². The lowest BCUT2D eigenvalue weighted by Gasteiger charge is -2.24. The summed E-state index contributed by atoms with van der Waals surface area (Å²) in [5.74, 6) is 0.717. The Balaban J connectivity index is 1.48. The number of benzene rings is 1. The Hall–Kier alpha value is -3.79. The van der Waals surface area contributed by atoms with Crippen molar-refractivity contribution in [2.75, 3.05) is 26.1 Å². The van der Waals surface area contributed by atoms with Crippen molar-refractivity contribution in [3.8, 4) is 17.1 Å². The van der Waals surface area contributed by atoms with Gasteiger partial charge in [-0.05, 0) is 25.0 Å². The highest BCUT2D eigenvalue weighted by Gasteiger charge is 2.19. The Kier molecular flexibility index (Phi) is 5.28. The van der Waals surface area contributed by atoms with Crippen LogP contribution in [-0.4, -0.2) is 49.9 Å². The number of methoxy groups -OCH3 is 1. The van der Waals surface area contributed by atoms with Crippen molar-refractivity contribution in [3.63, 3.8) is 0 Å². The monoisotopic (exact) mass is 433 g/mol. The minimum atomic E-state index is -0.0403. The van der Waals surface area contributed by atoms with Crippen molar-refractivity contribution in [3.05, 3.63) is 58.6 Å². The lowest BCUT2D eigenvalue weighted by molar-refractivity contribution is 0.0579. The lowest BCUT2D eigenvalue weighted by Crippen LogP contribution is -2.32. The molecule has 1 fully saturated rings. The average Bonchev–Trinajstić information content (AvgIpc) is 3.28. The van der Waals surface area contributed by atoms with Crippen LogP contribution >= 0.6 is 0 Å². The van der Waals surface area contributed by atoms with E-state index in [1.54, 1.807) is 22.6 Å². The number of nitrogen functional groups attached to an aromatic ring is 1. The molecule has 164 valence electrons. The number of fused-ring (bicyclic) bond motifs is 1. The number of hydrogen-bond acceptors (Lipinski definition) is 8. The first kappa shape index (κ1) is 20.1. The molecule has 32 heavy (non-hydrogen) atoms. The van der Waals surface area contributed by atoms with Crippen molar-refractivity contribution in [2.45, 2.75) is 25.4 Å². The van der Waals surface area contributed by atoms with E-state index in [4.69, 9.17) is 15.2 Å². The van der Waals surface area contributed by atoms with Crippen LogP contribution in [0.2, 0.25) is 0 Å². The molecule has 4 heterocycles. The van der Waals surface area contributed by atoms with Crippen LogP contribution in [0.5, 0.6) is 5.75 Å². The Labute approximate surface area is 183 Å². The molecule has 10 nitrogen and oxygen atoms in total. The summed E-state index contributed by atoms with van der Waals surface area (Å²) in [5.41, 5.74) is 8.22. The number of anilines is 1. The fourth-order valence-corrected chi connectivity index (χ4v) is 4.07. The summed E-state index contributed by atoms with van der Waals surface area (Å²) in [7, 11) is 1.58.